The van der Waals surface area contributed by atoms with E-state index >= 15 is 0 Å². The summed E-state index contributed by atoms with van der Waals surface area (Å²) >= 11 is 0. The van der Waals surface area contributed by atoms with E-state index in [1.54, 1.807) is 36.4 Å². The van der Waals surface area contributed by atoms with Crippen molar-refractivity contribution in [3.05, 3.63) is 53.7 Å². The number of ether oxygens (including phenoxy) is 1. The molecule has 5 N–H and O–H groups in total. The molecule has 0 amide bonds. The molecule has 9 nitrogen and oxygen atoms in total. The Bertz CT molecular complexity index is 1470. The van der Waals surface area contributed by atoms with Gasteiger partial charge in [-0.3, -0.25) is 10.1 Å². The second kappa shape index (κ2) is 13.3. The molecule has 4 rings (SSSR count). The van der Waals surface area contributed by atoms with Crippen molar-refractivity contribution >= 4 is 28.2 Å². The summed E-state index contributed by atoms with van der Waals surface area (Å²) in [6, 6.07) is 10.8. The number of halogens is 4. The van der Waals surface area contributed by atoms with Crippen LogP contribution in [0.5, 0.6) is 5.75 Å². The van der Waals surface area contributed by atoms with Crippen LogP contribution in [0.4, 0.5) is 28.9 Å². The monoisotopic (exact) mass is 591 g/mol. The van der Waals surface area contributed by atoms with Crippen molar-refractivity contribution in [1.82, 2.24) is 14.8 Å². The van der Waals surface area contributed by atoms with Gasteiger partial charge in [0, 0.05) is 24.2 Å². The Hall–Kier alpha value is -3.99. The predicted octanol–water partition coefficient (Wildman–Crippen LogP) is 3.80. The molecule has 13 heteroatoms. The van der Waals surface area contributed by atoms with Gasteiger partial charge in [0.2, 0.25) is 0 Å². The van der Waals surface area contributed by atoms with Crippen LogP contribution in [0, 0.1) is 11.8 Å². The number of fused-ring (bicyclic) bond motifs is 1. The van der Waals surface area contributed by atoms with E-state index in [1.807, 2.05) is 11.9 Å². The van der Waals surface area contributed by atoms with Crippen LogP contribution in [0.3, 0.4) is 0 Å². The highest BCUT2D eigenvalue weighted by molar-refractivity contribution is 5.94. The van der Waals surface area contributed by atoms with E-state index < -0.39 is 43.7 Å². The first kappa shape index (κ1) is 31.0. The van der Waals surface area contributed by atoms with Gasteiger partial charge in [0.05, 0.1) is 43.1 Å². The number of piperidine rings is 1. The number of aliphatic hydroxyl groups is 1. The summed E-state index contributed by atoms with van der Waals surface area (Å²) in [5.74, 6) is 4.92. The van der Waals surface area contributed by atoms with E-state index in [2.05, 4.69) is 27.8 Å². The summed E-state index contributed by atoms with van der Waals surface area (Å²) < 4.78 is 61.8. The maximum atomic E-state index is 14.7. The number of aromatic nitrogens is 1. The van der Waals surface area contributed by atoms with Gasteiger partial charge in [0.1, 0.15) is 24.7 Å². The number of carbonyl (C=O) groups is 1. The summed E-state index contributed by atoms with van der Waals surface area (Å²) in [5.41, 5.74) is 1.95. The number of carboxylic acids is 1. The molecule has 1 saturated heterocycles. The molecule has 1 fully saturated rings. The van der Waals surface area contributed by atoms with Crippen molar-refractivity contribution in [3.63, 3.8) is 0 Å². The molecule has 0 bridgehead atoms. The number of methoxy groups -OCH3 is 1. The molecule has 3 aromatic rings. The molecule has 0 spiro atoms. The minimum Gasteiger partial charge on any atom is -0.495 e. The number of rotatable bonds is 10. The van der Waals surface area contributed by atoms with Gasteiger partial charge in [-0.1, -0.05) is 18.1 Å². The lowest BCUT2D eigenvalue weighted by Gasteiger charge is -2.33. The third-order valence-corrected chi connectivity index (χ3v) is 6.94. The fourth-order valence-electron chi connectivity index (χ4n) is 4.88. The summed E-state index contributed by atoms with van der Waals surface area (Å²) in [5, 5.41) is 28.1. The summed E-state index contributed by atoms with van der Waals surface area (Å²) in [7, 11) is 3.27. The molecule has 1 aliphatic rings. The van der Waals surface area contributed by atoms with Gasteiger partial charge in [-0.2, -0.15) is 13.2 Å². The van der Waals surface area contributed by atoms with Gasteiger partial charge in [-0.15, -0.1) is 0 Å². The quantitative estimate of drug-likeness (QED) is 0.138. The van der Waals surface area contributed by atoms with Gasteiger partial charge in [0.25, 0.3) is 0 Å². The topological polar surface area (TPSA) is 111 Å². The lowest BCUT2D eigenvalue weighted by molar-refractivity contribution is -0.140. The van der Waals surface area contributed by atoms with Crippen LogP contribution < -0.4 is 20.7 Å². The minimum atomic E-state index is -4.49. The summed E-state index contributed by atoms with van der Waals surface area (Å²) in [6.07, 6.45) is -6.26. The van der Waals surface area contributed by atoms with Crippen LogP contribution in [-0.4, -0.2) is 84.4 Å². The molecule has 2 aromatic carbocycles. The smallest absolute Gasteiger partial charge is 0.406 e. The fraction of sp³-hybridized carbons (Fsp3) is 0.414. The number of hydrogen-bond donors (Lipinski definition) is 5. The number of alkyl halides is 4. The molecule has 226 valence electrons. The van der Waals surface area contributed by atoms with Crippen LogP contribution in [0.15, 0.2) is 42.5 Å². The van der Waals surface area contributed by atoms with Crippen LogP contribution in [0.2, 0.25) is 0 Å². The van der Waals surface area contributed by atoms with Crippen LogP contribution in [0.1, 0.15) is 23.9 Å². The number of benzene rings is 2. The highest BCUT2D eigenvalue weighted by Crippen LogP contribution is 2.32. The molecule has 42 heavy (non-hydrogen) atoms. The van der Waals surface area contributed by atoms with E-state index in [-0.39, 0.29) is 18.8 Å². The Morgan fingerprint density at radius 3 is 2.69 bits per heavy atom. The highest BCUT2D eigenvalue weighted by atomic mass is 19.4. The van der Waals surface area contributed by atoms with E-state index in [0.717, 1.165) is 4.57 Å². The van der Waals surface area contributed by atoms with Gasteiger partial charge in [-0.25, -0.2) is 4.39 Å². The third-order valence-electron chi connectivity index (χ3n) is 6.94. The molecular weight excluding hydrogens is 558 g/mol. The lowest BCUT2D eigenvalue weighted by atomic mass is 10.0. The standard InChI is InChI=1S/C29H33F4N5O4/c1-37-12-10-23(21(30)16-37)36-22-6-3-7-25-20(22)14-19(38(25)17-29(31,32)33)5-4-11-34-24-9-8-18(13-26(24)42-2)28(41)35-15-27(39)40/h3,6-9,13-14,21,23,28,34-36,41H,10-12,15-17H2,1-2H3,(H,39,40)/t21-,23+,28?/m0/s1. The Balaban J connectivity index is 1.54. The van der Waals surface area contributed by atoms with Gasteiger partial charge in [-0.05, 0) is 55.3 Å². The summed E-state index contributed by atoms with van der Waals surface area (Å²) in [6.45, 7) is -0.612. The Morgan fingerprint density at radius 2 is 2.00 bits per heavy atom. The minimum absolute atomic E-state index is 0.0628. The average molecular weight is 592 g/mol. The Labute approximate surface area is 240 Å². The second-order valence-corrected chi connectivity index (χ2v) is 10.1. The number of aliphatic hydroxyl groups excluding tert-OH is 1. The number of hydrogen-bond acceptors (Lipinski definition) is 7. The van der Waals surface area contributed by atoms with Crippen LogP contribution in [-0.2, 0) is 11.3 Å². The third kappa shape index (κ3) is 7.84. The molecule has 1 aromatic heterocycles. The van der Waals surface area contributed by atoms with E-state index in [9.17, 15) is 27.5 Å². The van der Waals surface area contributed by atoms with Gasteiger partial charge < -0.3 is 35.1 Å². The zero-order valence-corrected chi connectivity index (χ0v) is 23.1. The number of anilines is 2. The van der Waals surface area contributed by atoms with Crippen molar-refractivity contribution in [2.45, 2.75) is 37.6 Å². The molecule has 1 aliphatic heterocycles. The number of nitrogens with one attached hydrogen (secondary N) is 3. The fourth-order valence-corrected chi connectivity index (χ4v) is 4.88. The zero-order chi connectivity index (χ0) is 30.4. The van der Waals surface area contributed by atoms with Crippen molar-refractivity contribution in [3.8, 4) is 17.6 Å². The van der Waals surface area contributed by atoms with Crippen molar-refractivity contribution in [1.29, 1.82) is 0 Å². The largest absolute Gasteiger partial charge is 0.495 e. The maximum Gasteiger partial charge on any atom is 0.406 e. The molecule has 0 aliphatic carbocycles. The van der Waals surface area contributed by atoms with Crippen LogP contribution in [0.25, 0.3) is 10.9 Å². The van der Waals surface area contributed by atoms with Crippen molar-refractivity contribution < 1.29 is 37.3 Å². The van der Waals surface area contributed by atoms with Crippen molar-refractivity contribution in [2.75, 3.05) is 51.0 Å². The second-order valence-electron chi connectivity index (χ2n) is 10.1. The summed E-state index contributed by atoms with van der Waals surface area (Å²) in [4.78, 5) is 12.6. The number of aliphatic carboxylic acids is 1. The van der Waals surface area contributed by atoms with E-state index in [4.69, 9.17) is 9.84 Å². The molecule has 1 unspecified atom stereocenters. The first-order chi connectivity index (χ1) is 19.9. The molecule has 2 heterocycles. The lowest BCUT2D eigenvalue weighted by Crippen LogP contribution is -2.46. The van der Waals surface area contributed by atoms with Gasteiger partial charge in [0.15, 0.2) is 0 Å². The highest BCUT2D eigenvalue weighted by Gasteiger charge is 2.31. The zero-order valence-electron chi connectivity index (χ0n) is 23.1. The molecule has 0 radical (unpaired) electrons. The first-order valence-electron chi connectivity index (χ1n) is 13.3. The molecule has 0 saturated carbocycles. The maximum absolute atomic E-state index is 14.7. The molecular formula is C29H33F4N5O4. The molecule has 3 atom stereocenters. The van der Waals surface area contributed by atoms with E-state index in [1.165, 1.54) is 13.2 Å². The normalized spacial score (nSPS) is 18.3. The first-order valence-corrected chi connectivity index (χ1v) is 13.3. The average Bonchev–Trinajstić information content (AvgIpc) is 3.27. The SMILES string of the molecule is COc1cc(C(O)NCC(=O)O)ccc1NCC#Cc1cc2c(N[C@@H]3CCN(C)C[C@@H]3F)cccc2n1CC(F)(F)F. The number of carboxylic acid groups (broad SMARTS) is 1. The Morgan fingerprint density at radius 1 is 1.21 bits per heavy atom. The van der Waals surface area contributed by atoms with Crippen molar-refractivity contribution in [2.24, 2.45) is 0 Å². The van der Waals surface area contributed by atoms with E-state index in [0.29, 0.717) is 46.6 Å². The predicted molar refractivity (Wildman–Crippen MR) is 151 cm³/mol. The number of nitrogens with zero attached hydrogens (tertiary/aromatic N) is 2. The van der Waals surface area contributed by atoms with Crippen LogP contribution >= 0.6 is 0 Å². The van der Waals surface area contributed by atoms with Gasteiger partial charge >= 0.3 is 12.1 Å². The number of likely N-dealkylation sites (tertiary alicyclic amines) is 1. The Kier molecular flexibility index (Phi) is 9.82.